The van der Waals surface area contributed by atoms with Crippen molar-refractivity contribution in [3.05, 3.63) is 10.8 Å². The van der Waals surface area contributed by atoms with Gasteiger partial charge in [-0.3, -0.25) is 0 Å². The maximum Gasteiger partial charge on any atom is 0.241 e. The molecule has 16 heavy (non-hydrogen) atoms. The van der Waals surface area contributed by atoms with E-state index in [0.717, 1.165) is 10.8 Å². The van der Waals surface area contributed by atoms with Crippen LogP contribution < -0.4 is 0 Å². The van der Waals surface area contributed by atoms with E-state index < -0.39 is 8.32 Å². The molecule has 0 fully saturated rings. The van der Waals surface area contributed by atoms with Gasteiger partial charge >= 0.3 is 0 Å². The van der Waals surface area contributed by atoms with Gasteiger partial charge in [0.1, 0.15) is 5.76 Å². The number of alkyl halides is 1. The second kappa shape index (κ2) is 6.32. The lowest BCUT2D eigenvalue weighted by Gasteiger charge is -2.28. The normalized spacial score (nSPS) is 16.4. The summed E-state index contributed by atoms with van der Waals surface area (Å²) < 4.78 is 6.04. The van der Waals surface area contributed by atoms with Crippen LogP contribution >= 0.6 is 23.2 Å². The van der Waals surface area contributed by atoms with Gasteiger partial charge in [-0.15, -0.1) is 11.6 Å². The number of hydrogen-bond donors (Lipinski definition) is 0. The van der Waals surface area contributed by atoms with Gasteiger partial charge in [-0.2, -0.15) is 0 Å². The van der Waals surface area contributed by atoms with Gasteiger partial charge in [0, 0.05) is 0 Å². The Hall–Kier alpha value is 0.337. The van der Waals surface area contributed by atoms with Gasteiger partial charge in [-0.25, -0.2) is 0 Å². The van der Waals surface area contributed by atoms with Gasteiger partial charge in [-0.05, 0) is 31.5 Å². The molecular weight excluding hydrogens is 259 g/mol. The maximum absolute atomic E-state index is 6.38. The Morgan fingerprint density at radius 2 is 1.50 bits per heavy atom. The van der Waals surface area contributed by atoms with Gasteiger partial charge in [-0.1, -0.05) is 39.3 Å². The molecule has 1 nitrogen and oxygen atoms in total. The van der Waals surface area contributed by atoms with Crippen LogP contribution in [0.15, 0.2) is 10.8 Å². The molecule has 0 aliphatic heterocycles. The Morgan fingerprint density at radius 1 is 1.06 bits per heavy atom. The monoisotopic (exact) mass is 282 g/mol. The zero-order valence-electron chi connectivity index (χ0n) is 11.4. The zero-order chi connectivity index (χ0) is 13.1. The molecule has 0 aromatic rings. The van der Waals surface area contributed by atoms with E-state index in [-0.39, 0.29) is 11.3 Å². The van der Waals surface area contributed by atoms with Crippen LogP contribution in [0.25, 0.3) is 0 Å². The molecule has 0 heterocycles. The molecule has 4 heteroatoms. The molecule has 0 spiro atoms. The molecule has 0 bridgehead atoms. The first-order valence-corrected chi connectivity index (χ1v) is 10.0. The van der Waals surface area contributed by atoms with Crippen LogP contribution in [-0.4, -0.2) is 13.7 Å². The van der Waals surface area contributed by atoms with Crippen molar-refractivity contribution in [3.8, 4) is 0 Å². The molecule has 0 aliphatic carbocycles. The molecule has 0 aromatic carbocycles. The lowest BCUT2D eigenvalue weighted by atomic mass is 10.1. The van der Waals surface area contributed by atoms with E-state index in [2.05, 4.69) is 47.3 Å². The Bertz CT molecular complexity index is 254. The quantitative estimate of drug-likeness (QED) is 0.382. The van der Waals surface area contributed by atoms with Crippen molar-refractivity contribution in [2.75, 3.05) is 0 Å². The highest BCUT2D eigenvalue weighted by Gasteiger charge is 2.27. The van der Waals surface area contributed by atoms with Gasteiger partial charge < -0.3 is 4.43 Å². The van der Waals surface area contributed by atoms with Gasteiger partial charge in [0.05, 0.1) is 10.4 Å². The molecule has 1 atom stereocenters. The topological polar surface area (TPSA) is 9.23 Å². The van der Waals surface area contributed by atoms with Crippen molar-refractivity contribution < 1.29 is 4.43 Å². The average molecular weight is 283 g/mol. The van der Waals surface area contributed by atoms with E-state index in [9.17, 15) is 0 Å². The van der Waals surface area contributed by atoms with Crippen LogP contribution in [0.3, 0.4) is 0 Å². The van der Waals surface area contributed by atoms with Gasteiger partial charge in [0.2, 0.25) is 8.32 Å². The third-order valence-corrected chi connectivity index (χ3v) is 4.15. The fraction of sp³-hybridized carbons (Fsp3) is 0.833. The van der Waals surface area contributed by atoms with E-state index in [1.807, 2.05) is 0 Å². The molecule has 0 radical (unpaired) electrons. The van der Waals surface area contributed by atoms with Crippen molar-refractivity contribution in [1.29, 1.82) is 0 Å². The summed E-state index contributed by atoms with van der Waals surface area (Å²) in [6, 6.07) is 0. The molecular formula is C12H24Cl2OSi. The minimum Gasteiger partial charge on any atom is -0.545 e. The number of rotatable bonds is 5. The molecule has 0 N–H and O–H groups in total. The molecule has 0 amide bonds. The summed E-state index contributed by atoms with van der Waals surface area (Å²) in [6.07, 6.45) is 0. The third kappa shape index (κ3) is 5.60. The van der Waals surface area contributed by atoms with E-state index in [1.54, 1.807) is 0 Å². The SMILES string of the molecule is CC(C)/C(Cl)=C(\O[Si](C)(C)C)C(Cl)C(C)C. The predicted octanol–water partition coefficient (Wildman–Crippen LogP) is 5.21. The summed E-state index contributed by atoms with van der Waals surface area (Å²) in [5.41, 5.74) is 0. The van der Waals surface area contributed by atoms with Crippen LogP contribution in [0.5, 0.6) is 0 Å². The van der Waals surface area contributed by atoms with E-state index in [0.29, 0.717) is 5.92 Å². The molecule has 96 valence electrons. The Kier molecular flexibility index (Phi) is 6.45. The number of halogens is 2. The summed E-state index contributed by atoms with van der Waals surface area (Å²) >= 11 is 12.7. The minimum atomic E-state index is -1.66. The van der Waals surface area contributed by atoms with Gasteiger partial charge in [0.15, 0.2) is 0 Å². The lowest BCUT2D eigenvalue weighted by molar-refractivity contribution is 0.371. The fourth-order valence-corrected chi connectivity index (χ4v) is 2.56. The maximum atomic E-state index is 6.38. The first-order valence-electron chi connectivity index (χ1n) is 5.79. The standard InChI is InChI=1S/C12H24Cl2OSi/c1-8(2)10(13)12(11(14)9(3)4)15-16(5,6)7/h8-10H,1-7H3/b12-11+. The van der Waals surface area contributed by atoms with E-state index in [1.165, 1.54) is 0 Å². The first kappa shape index (κ1) is 16.3. The number of allylic oxidation sites excluding steroid dienone is 2. The molecule has 0 aromatic heterocycles. The van der Waals surface area contributed by atoms with E-state index in [4.69, 9.17) is 27.6 Å². The van der Waals surface area contributed by atoms with Crippen molar-refractivity contribution >= 4 is 31.5 Å². The first-order chi connectivity index (χ1) is 7.06. The van der Waals surface area contributed by atoms with E-state index >= 15 is 0 Å². The summed E-state index contributed by atoms with van der Waals surface area (Å²) in [5.74, 6) is 1.36. The Morgan fingerprint density at radius 3 is 1.75 bits per heavy atom. The summed E-state index contributed by atoms with van der Waals surface area (Å²) in [5, 5.41) is 0.623. The van der Waals surface area contributed by atoms with Crippen molar-refractivity contribution in [1.82, 2.24) is 0 Å². The second-order valence-corrected chi connectivity index (χ2v) is 11.0. The second-order valence-electron chi connectivity index (χ2n) is 5.73. The molecule has 1 unspecified atom stereocenters. The highest BCUT2D eigenvalue weighted by atomic mass is 35.5. The van der Waals surface area contributed by atoms with Crippen LogP contribution in [-0.2, 0) is 4.43 Å². The average Bonchev–Trinajstić information content (AvgIpc) is 2.10. The third-order valence-electron chi connectivity index (χ3n) is 1.99. The van der Waals surface area contributed by atoms with Crippen LogP contribution in [0.1, 0.15) is 27.7 Å². The summed E-state index contributed by atoms with van der Waals surface area (Å²) in [4.78, 5) is 0. The van der Waals surface area contributed by atoms with Gasteiger partial charge in [0.25, 0.3) is 0 Å². The molecule has 0 aliphatic rings. The van der Waals surface area contributed by atoms with Crippen molar-refractivity contribution in [2.45, 2.75) is 52.7 Å². The van der Waals surface area contributed by atoms with Crippen LogP contribution in [0.2, 0.25) is 19.6 Å². The highest BCUT2D eigenvalue weighted by molar-refractivity contribution is 6.70. The number of hydrogen-bond acceptors (Lipinski definition) is 1. The summed E-state index contributed by atoms with van der Waals surface area (Å²) in [7, 11) is -1.66. The molecule has 0 rings (SSSR count). The Labute approximate surface area is 111 Å². The molecule has 0 saturated heterocycles. The van der Waals surface area contributed by atoms with Crippen molar-refractivity contribution in [3.63, 3.8) is 0 Å². The lowest BCUT2D eigenvalue weighted by Crippen LogP contribution is -2.30. The smallest absolute Gasteiger partial charge is 0.241 e. The van der Waals surface area contributed by atoms with Crippen LogP contribution in [0.4, 0.5) is 0 Å². The van der Waals surface area contributed by atoms with Crippen molar-refractivity contribution in [2.24, 2.45) is 11.8 Å². The zero-order valence-corrected chi connectivity index (χ0v) is 13.9. The summed E-state index contributed by atoms with van der Waals surface area (Å²) in [6.45, 7) is 14.7. The fourth-order valence-electron chi connectivity index (χ4n) is 1.15. The highest BCUT2D eigenvalue weighted by Crippen LogP contribution is 2.31. The molecule has 0 saturated carbocycles. The minimum absolute atomic E-state index is 0.137. The largest absolute Gasteiger partial charge is 0.545 e. The van der Waals surface area contributed by atoms with Crippen LogP contribution in [0, 0.1) is 11.8 Å². The Balaban J connectivity index is 5.15. The predicted molar refractivity (Wildman–Crippen MR) is 76.6 cm³/mol.